The molecule has 132 valence electrons. The molecule has 24 heavy (non-hydrogen) atoms. The van der Waals surface area contributed by atoms with Gasteiger partial charge in [-0.15, -0.1) is 0 Å². The Kier molecular flexibility index (Phi) is 3.82. The van der Waals surface area contributed by atoms with Gasteiger partial charge >= 0.3 is 0 Å². The molecule has 3 aliphatic heterocycles. The molecule has 0 spiro atoms. The van der Waals surface area contributed by atoms with E-state index in [0.29, 0.717) is 6.54 Å². The molecule has 1 saturated carbocycles. The lowest BCUT2D eigenvalue weighted by atomic mass is 9.99. The van der Waals surface area contributed by atoms with Gasteiger partial charge in [0.1, 0.15) is 5.84 Å². The minimum absolute atomic E-state index is 0.0953. The zero-order valence-electron chi connectivity index (χ0n) is 15.0. The molecule has 6 heteroatoms. The summed E-state index contributed by atoms with van der Waals surface area (Å²) in [4.78, 5) is 17.1. The lowest BCUT2D eigenvalue weighted by Gasteiger charge is -2.41. The highest BCUT2D eigenvalue weighted by atomic mass is 16.5. The summed E-state index contributed by atoms with van der Waals surface area (Å²) < 4.78 is 5.85. The number of ether oxygens (including phenoxy) is 1. The molecule has 0 aromatic heterocycles. The van der Waals surface area contributed by atoms with E-state index in [1.807, 2.05) is 11.8 Å². The van der Waals surface area contributed by atoms with Crippen LogP contribution in [0.3, 0.4) is 0 Å². The van der Waals surface area contributed by atoms with Crippen LogP contribution in [-0.4, -0.2) is 47.0 Å². The Hall–Kier alpha value is -1.56. The number of hydrogen-bond donors (Lipinski definition) is 1. The van der Waals surface area contributed by atoms with Gasteiger partial charge in [-0.1, -0.05) is 6.92 Å². The van der Waals surface area contributed by atoms with Crippen LogP contribution < -0.4 is 5.43 Å². The molecule has 0 bridgehead atoms. The Morgan fingerprint density at radius 1 is 1.29 bits per heavy atom. The number of nitrogens with one attached hydrogen (secondary N) is 1. The number of amidine groups is 1. The SMILES string of the molecule is CCC1(C2=NNC3C(=O)N(CC4CCCCO4)C(C)=C(C)N23)CC1. The average molecular weight is 332 g/mol. The monoisotopic (exact) mass is 332 g/mol. The first kappa shape index (κ1) is 15.9. The van der Waals surface area contributed by atoms with E-state index in [-0.39, 0.29) is 23.6 Å². The van der Waals surface area contributed by atoms with Gasteiger partial charge in [0, 0.05) is 23.4 Å². The summed E-state index contributed by atoms with van der Waals surface area (Å²) in [6.45, 7) is 7.84. The zero-order valence-corrected chi connectivity index (χ0v) is 15.0. The number of amides is 1. The van der Waals surface area contributed by atoms with Crippen molar-refractivity contribution >= 4 is 11.7 Å². The Labute approximate surface area is 143 Å². The van der Waals surface area contributed by atoms with Crippen molar-refractivity contribution in [3.8, 4) is 0 Å². The average Bonchev–Trinajstić information content (AvgIpc) is 3.28. The topological polar surface area (TPSA) is 57.2 Å². The largest absolute Gasteiger partial charge is 0.376 e. The summed E-state index contributed by atoms with van der Waals surface area (Å²) in [5.74, 6) is 1.16. The van der Waals surface area contributed by atoms with Crippen LogP contribution in [0.2, 0.25) is 0 Å². The highest BCUT2D eigenvalue weighted by molar-refractivity contribution is 5.99. The van der Waals surface area contributed by atoms with Crippen LogP contribution in [0.25, 0.3) is 0 Å². The molecule has 2 unspecified atom stereocenters. The van der Waals surface area contributed by atoms with E-state index in [4.69, 9.17) is 4.74 Å². The van der Waals surface area contributed by atoms with E-state index in [9.17, 15) is 4.79 Å². The maximum Gasteiger partial charge on any atom is 0.272 e. The van der Waals surface area contributed by atoms with Crippen molar-refractivity contribution in [1.29, 1.82) is 0 Å². The highest BCUT2D eigenvalue weighted by Gasteiger charge is 2.54. The summed E-state index contributed by atoms with van der Waals surface area (Å²) in [6.07, 6.45) is 6.57. The van der Waals surface area contributed by atoms with Gasteiger partial charge in [0.05, 0.1) is 12.6 Å². The quantitative estimate of drug-likeness (QED) is 0.859. The van der Waals surface area contributed by atoms with E-state index in [0.717, 1.165) is 43.1 Å². The molecule has 1 amide bonds. The number of allylic oxidation sites excluding steroid dienone is 2. The molecule has 4 aliphatic rings. The first-order valence-electron chi connectivity index (χ1n) is 9.31. The first-order valence-corrected chi connectivity index (χ1v) is 9.31. The van der Waals surface area contributed by atoms with Crippen molar-refractivity contribution in [3.63, 3.8) is 0 Å². The molecule has 2 fully saturated rings. The van der Waals surface area contributed by atoms with E-state index in [1.165, 1.54) is 19.3 Å². The Balaban J connectivity index is 1.58. The van der Waals surface area contributed by atoms with Crippen LogP contribution in [0.5, 0.6) is 0 Å². The standard InChI is InChI=1S/C18H28N4O2/c1-4-18(8-9-18)17-20-19-15-16(23)21(12(2)13(3)22(15)17)11-14-7-5-6-10-24-14/h14-15,19H,4-11H2,1-3H3. The van der Waals surface area contributed by atoms with E-state index in [2.05, 4.69) is 29.3 Å². The fourth-order valence-corrected chi connectivity index (χ4v) is 4.20. The van der Waals surface area contributed by atoms with Crippen molar-refractivity contribution in [1.82, 2.24) is 15.2 Å². The fourth-order valence-electron chi connectivity index (χ4n) is 4.20. The van der Waals surface area contributed by atoms with Gasteiger partial charge in [-0.3, -0.25) is 15.1 Å². The first-order chi connectivity index (χ1) is 11.6. The van der Waals surface area contributed by atoms with Crippen LogP contribution in [0.4, 0.5) is 0 Å². The second kappa shape index (κ2) is 5.76. The summed E-state index contributed by atoms with van der Waals surface area (Å²) in [7, 11) is 0. The van der Waals surface area contributed by atoms with E-state index < -0.39 is 0 Å². The second-order valence-electron chi connectivity index (χ2n) is 7.58. The maximum absolute atomic E-state index is 13.1. The summed E-state index contributed by atoms with van der Waals surface area (Å²) in [5, 5.41) is 4.58. The Morgan fingerprint density at radius 2 is 2.08 bits per heavy atom. The van der Waals surface area contributed by atoms with Crippen molar-refractivity contribution in [2.45, 2.75) is 71.6 Å². The minimum Gasteiger partial charge on any atom is -0.376 e. The third-order valence-corrected chi connectivity index (χ3v) is 6.23. The summed E-state index contributed by atoms with van der Waals surface area (Å²) in [6, 6.07) is 0. The smallest absolute Gasteiger partial charge is 0.272 e. The van der Waals surface area contributed by atoms with Crippen LogP contribution in [0.15, 0.2) is 16.5 Å². The number of rotatable bonds is 4. The molecule has 0 aromatic rings. The molecule has 1 N–H and O–H groups in total. The molecule has 4 rings (SSSR count). The molecule has 0 aromatic carbocycles. The van der Waals surface area contributed by atoms with Gasteiger partial charge in [-0.25, -0.2) is 0 Å². The molecule has 1 aliphatic carbocycles. The van der Waals surface area contributed by atoms with Gasteiger partial charge in [-0.05, 0) is 52.4 Å². The number of carbonyl (C=O) groups is 1. The van der Waals surface area contributed by atoms with E-state index in [1.54, 1.807) is 0 Å². The number of hydrogen-bond acceptors (Lipinski definition) is 5. The Morgan fingerprint density at radius 3 is 2.71 bits per heavy atom. The van der Waals surface area contributed by atoms with Gasteiger partial charge in [0.25, 0.3) is 5.91 Å². The lowest BCUT2D eigenvalue weighted by molar-refractivity contribution is -0.137. The van der Waals surface area contributed by atoms with Crippen LogP contribution in [0, 0.1) is 5.41 Å². The molecule has 1 saturated heterocycles. The normalized spacial score (nSPS) is 31.8. The van der Waals surface area contributed by atoms with Gasteiger partial charge in [-0.2, -0.15) is 5.10 Å². The van der Waals surface area contributed by atoms with Crippen molar-refractivity contribution in [2.24, 2.45) is 10.5 Å². The van der Waals surface area contributed by atoms with Crippen molar-refractivity contribution in [2.75, 3.05) is 13.2 Å². The fraction of sp³-hybridized carbons (Fsp3) is 0.778. The Bertz CT molecular complexity index is 602. The third-order valence-electron chi connectivity index (χ3n) is 6.23. The number of nitrogens with zero attached hydrogens (tertiary/aromatic N) is 3. The van der Waals surface area contributed by atoms with Crippen LogP contribution in [0.1, 0.15) is 59.3 Å². The summed E-state index contributed by atoms with van der Waals surface area (Å²) >= 11 is 0. The van der Waals surface area contributed by atoms with Crippen LogP contribution >= 0.6 is 0 Å². The van der Waals surface area contributed by atoms with Gasteiger partial charge in [0.2, 0.25) is 6.17 Å². The number of carbonyl (C=O) groups excluding carboxylic acids is 1. The molecular weight excluding hydrogens is 304 g/mol. The van der Waals surface area contributed by atoms with E-state index >= 15 is 0 Å². The molecular formula is C18H28N4O2. The molecule has 0 radical (unpaired) electrons. The molecule has 2 atom stereocenters. The third kappa shape index (κ3) is 2.34. The van der Waals surface area contributed by atoms with Crippen molar-refractivity contribution < 1.29 is 9.53 Å². The lowest BCUT2D eigenvalue weighted by Crippen LogP contribution is -2.57. The van der Waals surface area contributed by atoms with Gasteiger partial charge < -0.3 is 9.64 Å². The maximum atomic E-state index is 13.1. The zero-order chi connectivity index (χ0) is 16.9. The molecule has 3 heterocycles. The summed E-state index contributed by atoms with van der Waals surface area (Å²) in [5.41, 5.74) is 5.46. The predicted octanol–water partition coefficient (Wildman–Crippen LogP) is 2.38. The van der Waals surface area contributed by atoms with Crippen LogP contribution in [-0.2, 0) is 9.53 Å². The van der Waals surface area contributed by atoms with Crippen molar-refractivity contribution in [3.05, 3.63) is 11.4 Å². The number of fused-ring (bicyclic) bond motifs is 1. The van der Waals surface area contributed by atoms with Gasteiger partial charge in [0.15, 0.2) is 0 Å². The highest BCUT2D eigenvalue weighted by Crippen LogP contribution is 2.52. The predicted molar refractivity (Wildman–Crippen MR) is 91.8 cm³/mol. The number of hydrazone groups is 1. The minimum atomic E-state index is -0.378. The second-order valence-corrected chi connectivity index (χ2v) is 7.58. The molecule has 6 nitrogen and oxygen atoms in total.